The Labute approximate surface area is 287 Å². The van der Waals surface area contributed by atoms with E-state index in [-0.39, 0.29) is 65.2 Å². The zero-order valence-corrected chi connectivity index (χ0v) is 25.5. The fraction of sp³-hybridized carbons (Fsp3) is 0.531. The molecule has 266 valence electrons. The second kappa shape index (κ2) is 32.4. The van der Waals surface area contributed by atoms with Crippen molar-refractivity contribution in [2.75, 3.05) is 55.4 Å². The van der Waals surface area contributed by atoms with Crippen molar-refractivity contribution in [1.29, 1.82) is 0 Å². The zero-order valence-electron chi connectivity index (χ0n) is 22.0. The summed E-state index contributed by atoms with van der Waals surface area (Å²) >= 11 is 5.56. The number of hydrogen-bond donors (Lipinski definition) is 0. The zero-order chi connectivity index (χ0) is 27.2. The Balaban J connectivity index is -0.000000361. The Hall–Kier alpha value is -1.57. The molecular weight excluding hydrogens is 647 g/mol. The highest BCUT2D eigenvalue weighted by atomic mass is 32.4. The van der Waals surface area contributed by atoms with E-state index in [2.05, 4.69) is 16.6 Å². The summed E-state index contributed by atoms with van der Waals surface area (Å²) in [6.07, 6.45) is 4.14. The summed E-state index contributed by atoms with van der Waals surface area (Å²) < 4.78 is 35.2. The molecule has 0 heterocycles. The van der Waals surface area contributed by atoms with Gasteiger partial charge in [-0.3, -0.25) is 9.42 Å². The maximum absolute atomic E-state index is 6.00. The van der Waals surface area contributed by atoms with Crippen LogP contribution in [0.4, 0.5) is 0 Å². The van der Waals surface area contributed by atoms with E-state index in [0.717, 1.165) is 16.9 Å². The molecule has 0 aromatic heterocycles. The van der Waals surface area contributed by atoms with Crippen LogP contribution in [0, 0.1) is 0 Å². The second-order valence-corrected chi connectivity index (χ2v) is 13.0. The molecule has 2 rings (SSSR count). The molecule has 0 saturated heterocycles. The lowest BCUT2D eigenvalue weighted by Gasteiger charge is -2.35. The van der Waals surface area contributed by atoms with E-state index < -0.39 is 23.8 Å². The van der Waals surface area contributed by atoms with Crippen molar-refractivity contribution in [2.24, 2.45) is 5.10 Å². The number of hydrogen-bond acceptors (Lipinski definition) is 9. The molecule has 9 nitrogen and oxygen atoms in total. The van der Waals surface area contributed by atoms with Gasteiger partial charge in [-0.1, -0.05) is 82.4 Å². The first kappa shape index (κ1) is 58.9. The minimum atomic E-state index is -1.41. The third-order valence-electron chi connectivity index (χ3n) is 5.06. The molecule has 2 aromatic carbocycles. The number of hydrazone groups is 1. The van der Waals surface area contributed by atoms with E-state index in [1.807, 2.05) is 54.6 Å². The van der Waals surface area contributed by atoms with Crippen molar-refractivity contribution in [3.8, 4) is 11.5 Å². The van der Waals surface area contributed by atoms with Crippen LogP contribution in [0.15, 0.2) is 66.3 Å². The Kier molecular flexibility index (Phi) is 42.4. The predicted molar refractivity (Wildman–Crippen MR) is 210 cm³/mol. The van der Waals surface area contributed by atoms with Crippen molar-refractivity contribution >= 4 is 41.8 Å². The summed E-state index contributed by atoms with van der Waals surface area (Å²) in [5, 5.41) is 4.42. The van der Waals surface area contributed by atoms with E-state index in [4.69, 9.17) is 39.2 Å². The number of nitrogens with zero attached hydrogens (tertiary/aromatic N) is 3. The van der Waals surface area contributed by atoms with Crippen LogP contribution in [-0.4, -0.2) is 71.3 Å². The Morgan fingerprint density at radius 3 is 1.71 bits per heavy atom. The van der Waals surface area contributed by atoms with Gasteiger partial charge in [-0.25, -0.2) is 0 Å². The van der Waals surface area contributed by atoms with Gasteiger partial charge in [-0.2, -0.15) is 0 Å². The smallest absolute Gasteiger partial charge is 0.497 e. The maximum atomic E-state index is 6.00. The molecule has 0 aliphatic heterocycles. The first-order valence-electron chi connectivity index (χ1n) is 11.2. The highest BCUT2D eigenvalue weighted by molar-refractivity contribution is 8.02. The lowest BCUT2D eigenvalue weighted by atomic mass is 10.2. The van der Waals surface area contributed by atoms with Crippen LogP contribution in [0.1, 0.15) is 76.3 Å². The van der Waals surface area contributed by atoms with Crippen LogP contribution in [0.2, 0.25) is 0 Å². The molecule has 2 atom stereocenters. The largest absolute Gasteiger partial charge is 0.540 e. The normalized spacial score (nSPS) is 10.6. The van der Waals surface area contributed by atoms with Gasteiger partial charge in [-0.15, -0.1) is 11.7 Å². The molecule has 0 N–H and O–H groups in total. The van der Waals surface area contributed by atoms with Gasteiger partial charge in [0.15, 0.2) is 22.5 Å². The molecule has 2 aromatic rings. The van der Waals surface area contributed by atoms with E-state index in [0.29, 0.717) is 18.6 Å². The molecule has 0 radical (unpaired) electrons. The first-order chi connectivity index (χ1) is 17.9. The van der Waals surface area contributed by atoms with Gasteiger partial charge in [0.05, 0.1) is 26.7 Å². The SMILES string of the molecule is C.C.C.C.C.C.C.C.C=CCN(CP(OC)OC)C(c1ccc(O[P+](=S)N(C)/N=C/c2ccc(OC)cc2)cc1)P(OC)OC. The maximum Gasteiger partial charge on any atom is 0.540 e. The van der Waals surface area contributed by atoms with Gasteiger partial charge in [0, 0.05) is 35.0 Å². The summed E-state index contributed by atoms with van der Waals surface area (Å²) in [5.74, 6) is 1.27. The molecule has 13 heteroatoms. The second-order valence-electron chi connectivity index (χ2n) is 7.33. The van der Waals surface area contributed by atoms with Crippen molar-refractivity contribution in [3.05, 3.63) is 72.3 Å². The van der Waals surface area contributed by atoms with E-state index in [9.17, 15) is 0 Å². The molecule has 2 unspecified atom stereocenters. The average molecular weight is 715 g/mol. The molecule has 0 aliphatic rings. The summed E-state index contributed by atoms with van der Waals surface area (Å²) in [6.45, 7) is 4.52. The van der Waals surface area contributed by atoms with Crippen LogP contribution in [0.25, 0.3) is 0 Å². The molecule has 0 amide bonds. The quantitative estimate of drug-likeness (QED) is 0.0689. The highest BCUT2D eigenvalue weighted by Gasteiger charge is 2.32. The molecule has 45 heavy (non-hydrogen) atoms. The third kappa shape index (κ3) is 19.0. The summed E-state index contributed by atoms with van der Waals surface area (Å²) in [4.78, 5) is 2.18. The fourth-order valence-electron chi connectivity index (χ4n) is 3.21. The fourth-order valence-corrected chi connectivity index (χ4v) is 6.64. The van der Waals surface area contributed by atoms with Gasteiger partial charge in [-0.05, 0) is 47.5 Å². The Bertz CT molecular complexity index is 997. The van der Waals surface area contributed by atoms with Crippen molar-refractivity contribution < 1.29 is 27.4 Å². The molecule has 0 bridgehead atoms. The number of benzene rings is 2. The summed E-state index contributed by atoms with van der Waals surface area (Å²) in [7, 11) is 6.23. The van der Waals surface area contributed by atoms with Gasteiger partial charge in [0.2, 0.25) is 11.8 Å². The van der Waals surface area contributed by atoms with Gasteiger partial charge < -0.3 is 22.8 Å². The topological polar surface area (TPSA) is 74.2 Å². The summed E-state index contributed by atoms with van der Waals surface area (Å²) in [5.41, 5.74) is 1.94. The van der Waals surface area contributed by atoms with Crippen molar-refractivity contribution in [3.63, 3.8) is 0 Å². The molecule has 0 spiro atoms. The Morgan fingerprint density at radius 2 is 1.29 bits per heavy atom. The van der Waals surface area contributed by atoms with Crippen LogP contribution in [0.5, 0.6) is 11.5 Å². The van der Waals surface area contributed by atoms with Gasteiger partial charge >= 0.3 is 7.07 Å². The average Bonchev–Trinajstić information content (AvgIpc) is 2.93. The van der Waals surface area contributed by atoms with E-state index in [1.54, 1.807) is 53.6 Å². The first-order valence-corrected chi connectivity index (χ1v) is 16.0. The van der Waals surface area contributed by atoms with Crippen molar-refractivity contribution in [2.45, 2.75) is 65.2 Å². The van der Waals surface area contributed by atoms with Crippen LogP contribution < -0.4 is 9.26 Å². The van der Waals surface area contributed by atoms with Crippen LogP contribution in [0.3, 0.4) is 0 Å². The number of rotatable bonds is 17. The molecule has 0 saturated carbocycles. The standard InChI is InChI=1S/C24H35N3O6P3S.8CH4/c1-8-17-27(19-34(29-4)30-5)24(35(31-6)32-7)21-11-15-23(16-12-21)33-36(37)26(2)25-18-20-9-13-22(28-3)14-10-20;;;;;;;;/h8-16,18,24H,1,17,19H2,2-7H3;8*1H4/q+1;;;;;;;;/b25-18+;;;;;;;;. The van der Waals surface area contributed by atoms with Gasteiger partial charge in [0.1, 0.15) is 11.5 Å². The van der Waals surface area contributed by atoms with E-state index >= 15 is 0 Å². The highest BCUT2D eigenvalue weighted by Crippen LogP contribution is 2.55. The molecule has 0 aliphatic carbocycles. The van der Waals surface area contributed by atoms with Crippen LogP contribution in [-0.2, 0) is 29.9 Å². The molecular formula is C32H67N3O6P3S+. The monoisotopic (exact) mass is 714 g/mol. The Morgan fingerprint density at radius 1 is 0.800 bits per heavy atom. The summed E-state index contributed by atoms with van der Waals surface area (Å²) in [6, 6.07) is 15.4. The number of ether oxygens (including phenoxy) is 1. The predicted octanol–water partition coefficient (Wildman–Crippen LogP) is 11.6. The minimum absolute atomic E-state index is 0. The van der Waals surface area contributed by atoms with E-state index in [1.165, 1.54) is 0 Å². The lowest BCUT2D eigenvalue weighted by molar-refractivity contribution is 0.242. The number of methoxy groups -OCH3 is 1. The molecule has 0 fully saturated rings. The third-order valence-corrected chi connectivity index (χ3v) is 10.1. The van der Waals surface area contributed by atoms with Crippen LogP contribution >= 0.6 is 23.8 Å². The lowest BCUT2D eigenvalue weighted by Crippen LogP contribution is -2.29. The minimum Gasteiger partial charge on any atom is -0.497 e. The van der Waals surface area contributed by atoms with Gasteiger partial charge in [0.25, 0.3) is 0 Å². The van der Waals surface area contributed by atoms with Crippen molar-refractivity contribution in [1.82, 2.24) is 9.68 Å².